The van der Waals surface area contributed by atoms with Crippen molar-refractivity contribution in [2.24, 2.45) is 0 Å². The Morgan fingerprint density at radius 3 is 2.79 bits per heavy atom. The fourth-order valence-corrected chi connectivity index (χ4v) is 4.87. The SMILES string of the molecule is COCC(CBr)Nc1ccc2c(c1)Cc1cccc(-c3cc(N4CCOCC4)cc(=O)[nH]3)c1O2. The van der Waals surface area contributed by atoms with Gasteiger partial charge in [-0.1, -0.05) is 28.1 Å². The van der Waals surface area contributed by atoms with Crippen LogP contribution in [0.1, 0.15) is 11.1 Å². The molecule has 0 aliphatic carbocycles. The molecular weight excluding hydrogens is 498 g/mol. The van der Waals surface area contributed by atoms with E-state index in [1.807, 2.05) is 30.3 Å². The number of anilines is 2. The zero-order valence-corrected chi connectivity index (χ0v) is 20.7. The third-order valence-electron chi connectivity index (χ3n) is 6.17. The van der Waals surface area contributed by atoms with E-state index < -0.39 is 0 Å². The maximum Gasteiger partial charge on any atom is 0.250 e. The van der Waals surface area contributed by atoms with E-state index in [2.05, 4.69) is 43.3 Å². The van der Waals surface area contributed by atoms with E-state index in [1.165, 1.54) is 0 Å². The first-order chi connectivity index (χ1) is 16.6. The summed E-state index contributed by atoms with van der Waals surface area (Å²) in [6, 6.07) is 16.1. The molecule has 0 radical (unpaired) electrons. The van der Waals surface area contributed by atoms with Gasteiger partial charge in [0.1, 0.15) is 11.5 Å². The molecule has 34 heavy (non-hydrogen) atoms. The quantitative estimate of drug-likeness (QED) is 0.348. The van der Waals surface area contributed by atoms with Gasteiger partial charge in [-0.25, -0.2) is 0 Å². The number of hydrogen-bond donors (Lipinski definition) is 2. The molecule has 5 rings (SSSR count). The van der Waals surface area contributed by atoms with Crippen molar-refractivity contribution >= 4 is 27.3 Å². The monoisotopic (exact) mass is 525 g/mol. The summed E-state index contributed by atoms with van der Waals surface area (Å²) in [6.07, 6.45) is 0.755. The number of para-hydroxylation sites is 1. The summed E-state index contributed by atoms with van der Waals surface area (Å²) < 4.78 is 17.2. The standard InChI is InChI=1S/C26H28BrN3O4/c1-32-16-20(15-27)28-19-5-6-24-18(12-19)11-17-3-2-4-22(26(17)34-24)23-13-21(14-25(31)29-23)30-7-9-33-10-8-30/h2-6,12-14,20,28H,7-11,15-16H2,1H3,(H,29,31). The van der Waals surface area contributed by atoms with Crippen LogP contribution in [0.15, 0.2) is 53.3 Å². The van der Waals surface area contributed by atoms with Crippen molar-refractivity contribution in [2.75, 3.05) is 55.6 Å². The first kappa shape index (κ1) is 23.0. The molecule has 7 nitrogen and oxygen atoms in total. The number of methoxy groups -OCH3 is 1. The van der Waals surface area contributed by atoms with Crippen LogP contribution in [0.2, 0.25) is 0 Å². The molecule has 2 aliphatic heterocycles. The largest absolute Gasteiger partial charge is 0.456 e. The van der Waals surface area contributed by atoms with Gasteiger partial charge in [-0.3, -0.25) is 4.79 Å². The van der Waals surface area contributed by atoms with Crippen molar-refractivity contribution in [3.8, 4) is 22.8 Å². The van der Waals surface area contributed by atoms with Gasteiger partial charge in [0.15, 0.2) is 0 Å². The minimum absolute atomic E-state index is 0.124. The van der Waals surface area contributed by atoms with E-state index in [4.69, 9.17) is 14.2 Å². The number of pyridine rings is 1. The molecule has 0 amide bonds. The van der Waals surface area contributed by atoms with E-state index in [0.29, 0.717) is 19.8 Å². The summed E-state index contributed by atoms with van der Waals surface area (Å²) in [5.41, 5.74) is 5.67. The van der Waals surface area contributed by atoms with Gasteiger partial charge in [-0.15, -0.1) is 0 Å². The third kappa shape index (κ3) is 4.85. The van der Waals surface area contributed by atoms with E-state index in [1.54, 1.807) is 13.2 Å². The average Bonchev–Trinajstić information content (AvgIpc) is 2.87. The number of H-pyrrole nitrogens is 1. The summed E-state index contributed by atoms with van der Waals surface area (Å²) in [5, 5.41) is 4.30. The first-order valence-corrected chi connectivity index (χ1v) is 12.6. The molecule has 1 unspecified atom stereocenters. The molecule has 1 aromatic heterocycles. The van der Waals surface area contributed by atoms with Gasteiger partial charge < -0.3 is 29.4 Å². The summed E-state index contributed by atoms with van der Waals surface area (Å²) in [7, 11) is 1.70. The molecule has 0 bridgehead atoms. The Kier molecular flexibility index (Phi) is 6.89. The number of aromatic amines is 1. The van der Waals surface area contributed by atoms with Crippen molar-refractivity contribution in [1.29, 1.82) is 0 Å². The number of nitrogens with one attached hydrogen (secondary N) is 2. The summed E-state index contributed by atoms with van der Waals surface area (Å²) >= 11 is 3.53. The Balaban J connectivity index is 1.44. The van der Waals surface area contributed by atoms with Crippen LogP contribution >= 0.6 is 15.9 Å². The minimum atomic E-state index is -0.124. The number of hydrogen-bond acceptors (Lipinski definition) is 6. The van der Waals surface area contributed by atoms with Gasteiger partial charge >= 0.3 is 0 Å². The van der Waals surface area contributed by atoms with Crippen LogP contribution in [0.4, 0.5) is 11.4 Å². The van der Waals surface area contributed by atoms with E-state index in [9.17, 15) is 4.79 Å². The highest BCUT2D eigenvalue weighted by Crippen LogP contribution is 2.43. The Hall–Kier alpha value is -2.81. The molecule has 3 heterocycles. The van der Waals surface area contributed by atoms with Crippen molar-refractivity contribution in [1.82, 2.24) is 4.98 Å². The number of aromatic nitrogens is 1. The molecule has 0 spiro atoms. The van der Waals surface area contributed by atoms with Crippen molar-refractivity contribution in [3.63, 3.8) is 0 Å². The predicted octanol–water partition coefficient (Wildman–Crippen LogP) is 4.40. The number of ether oxygens (including phenoxy) is 3. The second-order valence-electron chi connectivity index (χ2n) is 8.56. The Morgan fingerprint density at radius 1 is 1.15 bits per heavy atom. The van der Waals surface area contributed by atoms with Crippen molar-refractivity contribution < 1.29 is 14.2 Å². The summed E-state index contributed by atoms with van der Waals surface area (Å²) in [4.78, 5) is 17.7. The number of alkyl halides is 1. The molecule has 1 saturated heterocycles. The van der Waals surface area contributed by atoms with Gasteiger partial charge in [-0.05, 0) is 35.9 Å². The highest BCUT2D eigenvalue weighted by molar-refractivity contribution is 9.09. The molecule has 178 valence electrons. The molecule has 2 aromatic carbocycles. The van der Waals surface area contributed by atoms with Gasteiger partial charge in [0.05, 0.1) is 31.6 Å². The highest BCUT2D eigenvalue weighted by Gasteiger charge is 2.22. The van der Waals surface area contributed by atoms with Gasteiger partial charge in [0, 0.05) is 60.5 Å². The Labute approximate surface area is 207 Å². The summed E-state index contributed by atoms with van der Waals surface area (Å²) in [5.74, 6) is 1.63. The van der Waals surface area contributed by atoms with Gasteiger partial charge in [0.25, 0.3) is 0 Å². The average molecular weight is 526 g/mol. The number of halogens is 1. The number of rotatable bonds is 7. The van der Waals surface area contributed by atoms with Crippen LogP contribution in [-0.4, -0.2) is 56.4 Å². The zero-order chi connectivity index (χ0) is 23.5. The van der Waals surface area contributed by atoms with E-state index in [-0.39, 0.29) is 11.6 Å². The normalized spacial score (nSPS) is 15.8. The van der Waals surface area contributed by atoms with Crippen LogP contribution in [0.25, 0.3) is 11.3 Å². The van der Waals surface area contributed by atoms with Gasteiger partial charge in [0.2, 0.25) is 5.56 Å². The third-order valence-corrected chi connectivity index (χ3v) is 6.95. The lowest BCUT2D eigenvalue weighted by atomic mass is 9.96. The lowest BCUT2D eigenvalue weighted by Crippen LogP contribution is -2.36. The molecular formula is C26H28BrN3O4. The van der Waals surface area contributed by atoms with Gasteiger partial charge in [-0.2, -0.15) is 0 Å². The van der Waals surface area contributed by atoms with E-state index >= 15 is 0 Å². The maximum absolute atomic E-state index is 12.5. The first-order valence-electron chi connectivity index (χ1n) is 11.5. The lowest BCUT2D eigenvalue weighted by Gasteiger charge is -2.29. The van der Waals surface area contributed by atoms with Crippen molar-refractivity contribution in [2.45, 2.75) is 12.5 Å². The van der Waals surface area contributed by atoms with Crippen molar-refractivity contribution in [3.05, 3.63) is 70.0 Å². The molecule has 2 aliphatic rings. The fourth-order valence-electron chi connectivity index (χ4n) is 4.52. The second-order valence-corrected chi connectivity index (χ2v) is 9.21. The number of morpholine rings is 1. The van der Waals surface area contributed by atoms with Crippen LogP contribution in [-0.2, 0) is 15.9 Å². The zero-order valence-electron chi connectivity index (χ0n) is 19.1. The minimum Gasteiger partial charge on any atom is -0.456 e. The predicted molar refractivity (Wildman–Crippen MR) is 138 cm³/mol. The van der Waals surface area contributed by atoms with Crippen LogP contribution in [0, 0.1) is 0 Å². The lowest BCUT2D eigenvalue weighted by molar-refractivity contribution is 0.122. The fraction of sp³-hybridized carbons (Fsp3) is 0.346. The molecule has 0 saturated carbocycles. The van der Waals surface area contributed by atoms with Crippen LogP contribution < -0.4 is 20.5 Å². The second kappa shape index (κ2) is 10.2. The number of fused-ring (bicyclic) bond motifs is 2. The molecule has 3 aromatic rings. The Bertz CT molecular complexity index is 1220. The smallest absolute Gasteiger partial charge is 0.250 e. The van der Waals surface area contributed by atoms with Crippen LogP contribution in [0.3, 0.4) is 0 Å². The topological polar surface area (TPSA) is 75.8 Å². The summed E-state index contributed by atoms with van der Waals surface area (Å²) in [6.45, 7) is 3.50. The van der Waals surface area contributed by atoms with Crippen LogP contribution in [0.5, 0.6) is 11.5 Å². The maximum atomic E-state index is 12.5. The molecule has 8 heteroatoms. The Morgan fingerprint density at radius 2 is 2.00 bits per heavy atom. The highest BCUT2D eigenvalue weighted by atomic mass is 79.9. The van der Waals surface area contributed by atoms with E-state index in [0.717, 1.165) is 70.1 Å². The molecule has 2 N–H and O–H groups in total. The number of benzene rings is 2. The molecule has 1 atom stereocenters. The molecule has 1 fully saturated rings. The number of nitrogens with zero attached hydrogens (tertiary/aromatic N) is 1.